The van der Waals surface area contributed by atoms with Crippen molar-refractivity contribution in [2.75, 3.05) is 13.1 Å². The topological polar surface area (TPSA) is 55.1 Å². The first-order chi connectivity index (χ1) is 5.61. The minimum atomic E-state index is -0.159. The fraction of sp³-hybridized carbons (Fsp3) is 0.889. The molecule has 2 unspecified atom stereocenters. The molecule has 0 radical (unpaired) electrons. The molecule has 3 heteroatoms. The number of rotatable bonds is 2. The summed E-state index contributed by atoms with van der Waals surface area (Å²) < 4.78 is 0. The predicted molar refractivity (Wildman–Crippen MR) is 48.5 cm³/mol. The maximum absolute atomic E-state index is 10.9. The van der Waals surface area contributed by atoms with Crippen LogP contribution in [0, 0.1) is 17.8 Å². The SMILES string of the molecule is CC(C)C1CNCC(C(N)=O)C1. The zero-order valence-corrected chi connectivity index (χ0v) is 7.84. The lowest BCUT2D eigenvalue weighted by Gasteiger charge is -2.30. The van der Waals surface area contributed by atoms with E-state index in [-0.39, 0.29) is 11.8 Å². The van der Waals surface area contributed by atoms with Crippen LogP contribution in [0.4, 0.5) is 0 Å². The van der Waals surface area contributed by atoms with Gasteiger partial charge in [-0.15, -0.1) is 0 Å². The van der Waals surface area contributed by atoms with Crippen LogP contribution in [0.25, 0.3) is 0 Å². The Labute approximate surface area is 73.7 Å². The number of amides is 1. The molecule has 0 spiro atoms. The van der Waals surface area contributed by atoms with Crippen molar-refractivity contribution >= 4 is 5.91 Å². The third-order valence-electron chi connectivity index (χ3n) is 2.73. The van der Waals surface area contributed by atoms with Crippen LogP contribution >= 0.6 is 0 Å². The van der Waals surface area contributed by atoms with Crippen molar-refractivity contribution in [2.24, 2.45) is 23.5 Å². The quantitative estimate of drug-likeness (QED) is 0.628. The van der Waals surface area contributed by atoms with Crippen molar-refractivity contribution in [3.63, 3.8) is 0 Å². The number of hydrogen-bond donors (Lipinski definition) is 2. The summed E-state index contributed by atoms with van der Waals surface area (Å²) in [6, 6.07) is 0. The van der Waals surface area contributed by atoms with E-state index >= 15 is 0 Å². The van der Waals surface area contributed by atoms with Gasteiger partial charge in [0.15, 0.2) is 0 Å². The van der Waals surface area contributed by atoms with Crippen LogP contribution in [0.15, 0.2) is 0 Å². The Morgan fingerprint density at radius 2 is 2.17 bits per heavy atom. The summed E-state index contributed by atoms with van der Waals surface area (Å²) in [5.74, 6) is 1.13. The molecule has 0 aromatic rings. The van der Waals surface area contributed by atoms with Crippen molar-refractivity contribution < 1.29 is 4.79 Å². The molecule has 1 aliphatic rings. The normalized spacial score (nSPS) is 30.6. The van der Waals surface area contributed by atoms with E-state index < -0.39 is 0 Å². The van der Waals surface area contributed by atoms with Crippen LogP contribution < -0.4 is 11.1 Å². The first kappa shape index (κ1) is 9.52. The molecule has 1 rings (SSSR count). The number of carbonyl (C=O) groups is 1. The smallest absolute Gasteiger partial charge is 0.221 e. The van der Waals surface area contributed by atoms with Gasteiger partial charge in [-0.05, 0) is 24.8 Å². The minimum Gasteiger partial charge on any atom is -0.369 e. The van der Waals surface area contributed by atoms with Gasteiger partial charge in [-0.1, -0.05) is 13.8 Å². The highest BCUT2D eigenvalue weighted by atomic mass is 16.1. The molecule has 12 heavy (non-hydrogen) atoms. The van der Waals surface area contributed by atoms with Gasteiger partial charge in [-0.25, -0.2) is 0 Å². The van der Waals surface area contributed by atoms with Gasteiger partial charge in [-0.2, -0.15) is 0 Å². The first-order valence-corrected chi connectivity index (χ1v) is 4.61. The number of nitrogens with two attached hydrogens (primary N) is 1. The molecule has 1 heterocycles. The third-order valence-corrected chi connectivity index (χ3v) is 2.73. The van der Waals surface area contributed by atoms with Crippen LogP contribution in [-0.4, -0.2) is 19.0 Å². The van der Waals surface area contributed by atoms with E-state index in [1.165, 1.54) is 0 Å². The molecule has 0 aromatic carbocycles. The van der Waals surface area contributed by atoms with Crippen LogP contribution in [0.2, 0.25) is 0 Å². The van der Waals surface area contributed by atoms with Crippen molar-refractivity contribution in [3.05, 3.63) is 0 Å². The highest BCUT2D eigenvalue weighted by Gasteiger charge is 2.26. The van der Waals surface area contributed by atoms with E-state index in [1.807, 2.05) is 0 Å². The van der Waals surface area contributed by atoms with Crippen LogP contribution in [-0.2, 0) is 4.79 Å². The van der Waals surface area contributed by atoms with Gasteiger partial charge in [0.05, 0.1) is 5.92 Å². The Kier molecular flexibility index (Phi) is 3.09. The molecule has 2 atom stereocenters. The molecule has 3 nitrogen and oxygen atoms in total. The lowest BCUT2D eigenvalue weighted by Crippen LogP contribution is -2.43. The summed E-state index contributed by atoms with van der Waals surface area (Å²) in [7, 11) is 0. The average molecular weight is 170 g/mol. The second-order valence-corrected chi connectivity index (χ2v) is 4.00. The number of primary amides is 1. The fourth-order valence-corrected chi connectivity index (χ4v) is 1.70. The zero-order valence-electron chi connectivity index (χ0n) is 7.84. The Hall–Kier alpha value is -0.570. The molecule has 0 saturated carbocycles. The maximum atomic E-state index is 10.9. The monoisotopic (exact) mass is 170 g/mol. The number of carbonyl (C=O) groups excluding carboxylic acids is 1. The molecule has 0 aromatic heterocycles. The molecule has 0 aliphatic carbocycles. The number of piperidine rings is 1. The van der Waals surface area contributed by atoms with Gasteiger partial charge >= 0.3 is 0 Å². The standard InChI is InChI=1S/C9H18N2O/c1-6(2)7-3-8(9(10)12)5-11-4-7/h6-8,11H,3-5H2,1-2H3,(H2,10,12). The highest BCUT2D eigenvalue weighted by molar-refractivity contribution is 5.77. The molecule has 3 N–H and O–H groups in total. The lowest BCUT2D eigenvalue weighted by atomic mass is 9.83. The Bertz CT molecular complexity index is 168. The summed E-state index contributed by atoms with van der Waals surface area (Å²) >= 11 is 0. The zero-order chi connectivity index (χ0) is 9.14. The lowest BCUT2D eigenvalue weighted by molar-refractivity contribution is -0.122. The number of nitrogens with one attached hydrogen (secondary N) is 1. The second-order valence-electron chi connectivity index (χ2n) is 4.00. The van der Waals surface area contributed by atoms with Gasteiger partial charge in [0.1, 0.15) is 0 Å². The average Bonchev–Trinajstić information content (AvgIpc) is 2.04. The van der Waals surface area contributed by atoms with E-state index in [0.717, 1.165) is 19.5 Å². The summed E-state index contributed by atoms with van der Waals surface area (Å²) in [5, 5.41) is 3.25. The summed E-state index contributed by atoms with van der Waals surface area (Å²) in [6.45, 7) is 6.17. The van der Waals surface area contributed by atoms with E-state index in [2.05, 4.69) is 19.2 Å². The van der Waals surface area contributed by atoms with Crippen LogP contribution in [0.3, 0.4) is 0 Å². The van der Waals surface area contributed by atoms with Gasteiger partial charge < -0.3 is 11.1 Å². The summed E-state index contributed by atoms with van der Waals surface area (Å²) in [4.78, 5) is 10.9. The largest absolute Gasteiger partial charge is 0.369 e. The fourth-order valence-electron chi connectivity index (χ4n) is 1.70. The molecule has 1 aliphatic heterocycles. The molecule has 0 bridgehead atoms. The van der Waals surface area contributed by atoms with Crippen molar-refractivity contribution in [1.29, 1.82) is 0 Å². The van der Waals surface area contributed by atoms with Crippen molar-refractivity contribution in [3.8, 4) is 0 Å². The molecular formula is C9H18N2O. The van der Waals surface area contributed by atoms with Crippen LogP contribution in [0.1, 0.15) is 20.3 Å². The summed E-state index contributed by atoms with van der Waals surface area (Å²) in [5.41, 5.74) is 5.25. The van der Waals surface area contributed by atoms with Crippen molar-refractivity contribution in [1.82, 2.24) is 5.32 Å². The van der Waals surface area contributed by atoms with E-state index in [0.29, 0.717) is 11.8 Å². The first-order valence-electron chi connectivity index (χ1n) is 4.61. The highest BCUT2D eigenvalue weighted by Crippen LogP contribution is 2.22. The van der Waals surface area contributed by atoms with E-state index in [4.69, 9.17) is 5.73 Å². The van der Waals surface area contributed by atoms with Crippen molar-refractivity contribution in [2.45, 2.75) is 20.3 Å². The molecule has 1 saturated heterocycles. The van der Waals surface area contributed by atoms with Crippen LogP contribution in [0.5, 0.6) is 0 Å². The Morgan fingerprint density at radius 3 is 2.67 bits per heavy atom. The molecular weight excluding hydrogens is 152 g/mol. The predicted octanol–water partition coefficient (Wildman–Crippen LogP) is 0.353. The number of hydrogen-bond acceptors (Lipinski definition) is 2. The molecule has 1 fully saturated rings. The van der Waals surface area contributed by atoms with Gasteiger partial charge in [0, 0.05) is 6.54 Å². The third kappa shape index (κ3) is 2.21. The maximum Gasteiger partial charge on any atom is 0.221 e. The molecule has 1 amide bonds. The van der Waals surface area contributed by atoms with E-state index in [1.54, 1.807) is 0 Å². The van der Waals surface area contributed by atoms with Gasteiger partial charge in [-0.3, -0.25) is 4.79 Å². The molecule has 70 valence electrons. The summed E-state index contributed by atoms with van der Waals surface area (Å²) in [6.07, 6.45) is 0.958. The Morgan fingerprint density at radius 1 is 1.50 bits per heavy atom. The van der Waals surface area contributed by atoms with Gasteiger partial charge in [0.2, 0.25) is 5.91 Å². The van der Waals surface area contributed by atoms with Gasteiger partial charge in [0.25, 0.3) is 0 Å². The minimum absolute atomic E-state index is 0.0474. The Balaban J connectivity index is 2.46. The second kappa shape index (κ2) is 3.90. The van der Waals surface area contributed by atoms with E-state index in [9.17, 15) is 4.79 Å².